The van der Waals surface area contributed by atoms with E-state index in [9.17, 15) is 19.7 Å². The van der Waals surface area contributed by atoms with Crippen LogP contribution in [0.25, 0.3) is 0 Å². The van der Waals surface area contributed by atoms with Gasteiger partial charge in [0.05, 0.1) is 12.7 Å². The average molecular weight is 541 g/mol. The maximum Gasteiger partial charge on any atom is 0.491 e. The summed E-state index contributed by atoms with van der Waals surface area (Å²) in [6.45, 7) is 10.9. The minimum Gasteiger partial charge on any atom is -0.482 e. The Balaban J connectivity index is 1.43. The summed E-state index contributed by atoms with van der Waals surface area (Å²) < 4.78 is 17.5. The highest BCUT2D eigenvalue weighted by atomic mass is 16.6. The molecular formula is C30H44BNO7. The second-order valence-electron chi connectivity index (χ2n) is 13.2. The van der Waals surface area contributed by atoms with Gasteiger partial charge >= 0.3 is 13.1 Å². The fraction of sp³-hybridized carbons (Fsp3) is 0.733. The van der Waals surface area contributed by atoms with Crippen molar-refractivity contribution in [1.82, 2.24) is 0 Å². The number of aliphatic hydroxyl groups is 1. The predicted molar refractivity (Wildman–Crippen MR) is 147 cm³/mol. The zero-order valence-electron chi connectivity index (χ0n) is 24.0. The fourth-order valence-corrected chi connectivity index (χ4v) is 8.68. The third kappa shape index (κ3) is 4.35. The van der Waals surface area contributed by atoms with Gasteiger partial charge in [0.1, 0.15) is 17.6 Å². The Hall–Kier alpha value is -1.94. The van der Waals surface area contributed by atoms with E-state index < -0.39 is 36.1 Å². The second kappa shape index (κ2) is 10.2. The van der Waals surface area contributed by atoms with Gasteiger partial charge in [0.25, 0.3) is 0 Å². The molecule has 3 fully saturated rings. The summed E-state index contributed by atoms with van der Waals surface area (Å²) >= 11 is 0. The van der Waals surface area contributed by atoms with Crippen molar-refractivity contribution in [3.63, 3.8) is 0 Å². The van der Waals surface area contributed by atoms with Crippen molar-refractivity contribution in [2.75, 3.05) is 6.61 Å². The Morgan fingerprint density at radius 3 is 2.69 bits per heavy atom. The second-order valence-corrected chi connectivity index (χ2v) is 13.2. The number of carbonyl (C=O) groups excluding carboxylic acids is 2. The van der Waals surface area contributed by atoms with Gasteiger partial charge in [0.2, 0.25) is 0 Å². The van der Waals surface area contributed by atoms with Crippen molar-refractivity contribution in [2.24, 2.45) is 39.7 Å². The van der Waals surface area contributed by atoms with E-state index in [0.717, 1.165) is 36.8 Å². The number of esters is 1. The normalized spacial score (nSPS) is 39.5. The summed E-state index contributed by atoms with van der Waals surface area (Å²) in [5.74, 6) is 0.0749. The van der Waals surface area contributed by atoms with Gasteiger partial charge in [-0.15, -0.1) is 0 Å². The summed E-state index contributed by atoms with van der Waals surface area (Å²) in [5, 5.41) is 21.9. The Morgan fingerprint density at radius 1 is 1.26 bits per heavy atom. The van der Waals surface area contributed by atoms with Crippen molar-refractivity contribution < 1.29 is 33.8 Å². The molecule has 5 rings (SSSR count). The molecule has 0 saturated heterocycles. The summed E-state index contributed by atoms with van der Waals surface area (Å²) in [4.78, 5) is 26.9. The molecule has 0 radical (unpaired) electrons. The molecule has 1 aromatic carbocycles. The molecule has 0 amide bonds. The lowest BCUT2D eigenvalue weighted by Crippen LogP contribution is -2.63. The van der Waals surface area contributed by atoms with Gasteiger partial charge in [-0.05, 0) is 83.5 Å². The molecule has 1 heterocycles. The first-order valence-electron chi connectivity index (χ1n) is 14.6. The van der Waals surface area contributed by atoms with Crippen LogP contribution in [0.15, 0.2) is 12.1 Å². The molecule has 2 bridgehead atoms. The van der Waals surface area contributed by atoms with E-state index >= 15 is 0 Å². The smallest absolute Gasteiger partial charge is 0.482 e. The number of nitrogens with two attached hydrogens (primary N) is 1. The maximum atomic E-state index is 13.6. The lowest BCUT2D eigenvalue weighted by Gasteiger charge is -2.62. The highest BCUT2D eigenvalue weighted by Crippen LogP contribution is 2.68. The fourth-order valence-electron chi connectivity index (χ4n) is 8.68. The van der Waals surface area contributed by atoms with Crippen LogP contribution in [0.4, 0.5) is 0 Å². The molecule has 214 valence electrons. The van der Waals surface area contributed by atoms with Gasteiger partial charge in [-0.1, -0.05) is 34.6 Å². The monoisotopic (exact) mass is 541 g/mol. The minimum atomic E-state index is -1.05. The largest absolute Gasteiger partial charge is 0.491 e. The van der Waals surface area contributed by atoms with Crippen molar-refractivity contribution in [1.29, 1.82) is 0 Å². The number of Topliss-reactive ketones (excluding diaryl/α,β-unsaturated/α-hetero) is 1. The van der Waals surface area contributed by atoms with Crippen LogP contribution in [0.3, 0.4) is 0 Å². The molecule has 0 unspecified atom stereocenters. The van der Waals surface area contributed by atoms with Crippen molar-refractivity contribution >= 4 is 24.3 Å². The number of rotatable bonds is 6. The van der Waals surface area contributed by atoms with Crippen molar-refractivity contribution in [2.45, 2.75) is 98.5 Å². The number of fused-ring (bicyclic) bond motifs is 1. The molecule has 8 atom stereocenters. The van der Waals surface area contributed by atoms with Gasteiger partial charge in [-0.25, -0.2) is 4.79 Å². The number of ether oxygens (including phenoxy) is 2. The van der Waals surface area contributed by atoms with E-state index in [1.54, 1.807) is 12.1 Å². The van der Waals surface area contributed by atoms with Crippen LogP contribution in [0, 0.1) is 34.0 Å². The molecule has 3 saturated carbocycles. The maximum absolute atomic E-state index is 13.6. The number of hydrogen-bond acceptors (Lipinski definition) is 8. The Morgan fingerprint density at radius 2 is 2.00 bits per heavy atom. The molecular weight excluding hydrogens is 497 g/mol. The molecule has 0 aromatic heterocycles. The van der Waals surface area contributed by atoms with E-state index in [1.165, 1.54) is 0 Å². The lowest BCUT2D eigenvalue weighted by atomic mass is 9.43. The first-order chi connectivity index (χ1) is 18.4. The summed E-state index contributed by atoms with van der Waals surface area (Å²) in [6, 6.07) is 3.45. The summed E-state index contributed by atoms with van der Waals surface area (Å²) in [5.41, 5.74) is 6.88. The Labute approximate surface area is 232 Å². The molecule has 8 nitrogen and oxygen atoms in total. The van der Waals surface area contributed by atoms with Crippen LogP contribution >= 0.6 is 0 Å². The predicted octanol–water partition coefficient (Wildman–Crippen LogP) is 2.87. The first-order valence-corrected chi connectivity index (χ1v) is 14.6. The van der Waals surface area contributed by atoms with Crippen LogP contribution in [-0.4, -0.2) is 47.8 Å². The Bertz CT molecular complexity index is 1140. The summed E-state index contributed by atoms with van der Waals surface area (Å²) in [7, 11) is -1.05. The number of benzene rings is 1. The highest BCUT2D eigenvalue weighted by molar-refractivity contribution is 6.61. The standard InChI is InChI=1S/C30H44BNO7/c1-6-28(4)13-24(29(5)17(2)7-9-30(18(3)27(28)35)10-8-23(33)26(29)30)39-25(34)16-37-20-11-19(14-32)21-15-38-31(36)22(21)12-20/h11-12,17-18,24,26-27,35-36H,6-10,13-16,32H2,1-5H3/t17-,18+,24-,26+,27+,28-,29+,30+/m1/s1. The molecule has 4 N–H and O–H groups in total. The van der Waals surface area contributed by atoms with Crippen molar-refractivity contribution in [3.8, 4) is 5.75 Å². The van der Waals surface area contributed by atoms with E-state index in [-0.39, 0.29) is 48.7 Å². The van der Waals surface area contributed by atoms with Gasteiger partial charge in [0, 0.05) is 24.3 Å². The zero-order valence-corrected chi connectivity index (χ0v) is 24.0. The third-order valence-corrected chi connectivity index (χ3v) is 11.6. The van der Waals surface area contributed by atoms with Crippen LogP contribution in [-0.2, 0) is 32.1 Å². The van der Waals surface area contributed by atoms with Gasteiger partial charge in [-0.2, -0.15) is 0 Å². The van der Waals surface area contributed by atoms with Crippen LogP contribution in [0.5, 0.6) is 5.75 Å². The van der Waals surface area contributed by atoms with Gasteiger partial charge < -0.3 is 30.0 Å². The summed E-state index contributed by atoms with van der Waals surface area (Å²) in [6.07, 6.45) is 3.26. The zero-order chi connectivity index (χ0) is 28.3. The third-order valence-electron chi connectivity index (χ3n) is 11.6. The minimum absolute atomic E-state index is 0.0124. The number of carbonyl (C=O) groups is 2. The molecule has 3 aliphatic carbocycles. The van der Waals surface area contributed by atoms with E-state index in [1.807, 2.05) is 0 Å². The van der Waals surface area contributed by atoms with Gasteiger partial charge in [-0.3, -0.25) is 4.79 Å². The number of ketones is 1. The van der Waals surface area contributed by atoms with Crippen LogP contribution < -0.4 is 15.9 Å². The van der Waals surface area contributed by atoms with Crippen LogP contribution in [0.1, 0.15) is 84.3 Å². The quantitative estimate of drug-likeness (QED) is 0.371. The highest BCUT2D eigenvalue weighted by Gasteiger charge is 2.68. The van der Waals surface area contributed by atoms with Gasteiger partial charge in [0.15, 0.2) is 6.61 Å². The molecule has 1 aliphatic heterocycles. The Kier molecular flexibility index (Phi) is 7.45. The van der Waals surface area contributed by atoms with E-state index in [0.29, 0.717) is 24.1 Å². The molecule has 39 heavy (non-hydrogen) atoms. The molecule has 4 aliphatic rings. The van der Waals surface area contributed by atoms with E-state index in [4.69, 9.17) is 19.9 Å². The molecule has 1 aromatic rings. The SMILES string of the molecule is CC[C@]1(C)C[C@@H](OC(=O)COc2cc(CN)c3c(c2)B(O)OC3)[C@]2(C)[C@H](C)CC[C@]3(CCC(=O)[C@H]32)[C@@H](C)[C@@H]1O. The van der Waals surface area contributed by atoms with Crippen LogP contribution in [0.2, 0.25) is 0 Å². The molecule has 0 spiro atoms. The number of aliphatic hydroxyl groups excluding tert-OH is 1. The van der Waals surface area contributed by atoms with Crippen molar-refractivity contribution in [3.05, 3.63) is 23.3 Å². The van der Waals surface area contributed by atoms with E-state index in [2.05, 4.69) is 34.6 Å². The first kappa shape index (κ1) is 28.6. The number of hydrogen-bond donors (Lipinski definition) is 3. The lowest BCUT2D eigenvalue weighted by molar-refractivity contribution is -0.213. The molecule has 9 heteroatoms. The average Bonchev–Trinajstić information content (AvgIpc) is 3.48. The topological polar surface area (TPSA) is 128 Å².